The zero-order chi connectivity index (χ0) is 13.4. The second-order valence-electron chi connectivity index (χ2n) is 3.69. The predicted octanol–water partition coefficient (Wildman–Crippen LogP) is 1.02. The minimum absolute atomic E-state index is 0.120. The van der Waals surface area contributed by atoms with Crippen molar-refractivity contribution in [2.24, 2.45) is 0 Å². The van der Waals surface area contributed by atoms with Gasteiger partial charge in [-0.05, 0) is 13.8 Å². The van der Waals surface area contributed by atoms with Gasteiger partial charge < -0.3 is 15.0 Å². The molecule has 0 saturated heterocycles. The Labute approximate surface area is 107 Å². The number of amides is 1. The molecule has 0 aliphatic heterocycles. The lowest BCUT2D eigenvalue weighted by atomic mass is 10.3. The molecular weight excluding hydrogens is 232 g/mol. The van der Waals surface area contributed by atoms with Crippen LogP contribution in [0.5, 0.6) is 0 Å². The normalized spacial score (nSPS) is 10.2. The Morgan fingerprint density at radius 1 is 1.39 bits per heavy atom. The molecule has 1 aromatic heterocycles. The molecule has 0 aliphatic rings. The van der Waals surface area contributed by atoms with E-state index in [0.29, 0.717) is 31.2 Å². The molecule has 1 heterocycles. The fraction of sp³-hybridized carbons (Fsp3) is 0.583. The van der Waals surface area contributed by atoms with Gasteiger partial charge in [0.1, 0.15) is 11.5 Å². The molecule has 100 valence electrons. The van der Waals surface area contributed by atoms with E-state index in [9.17, 15) is 4.79 Å². The van der Waals surface area contributed by atoms with Crippen molar-refractivity contribution >= 4 is 11.7 Å². The summed E-state index contributed by atoms with van der Waals surface area (Å²) in [4.78, 5) is 22.0. The third-order valence-corrected chi connectivity index (χ3v) is 2.46. The minimum Gasteiger partial charge on any atom is -0.383 e. The highest BCUT2D eigenvalue weighted by Crippen LogP contribution is 2.04. The summed E-state index contributed by atoms with van der Waals surface area (Å²) < 4.78 is 4.97. The number of nitrogens with one attached hydrogen (secondary N) is 1. The lowest BCUT2D eigenvalue weighted by Gasteiger charge is -2.19. The first-order valence-electron chi connectivity index (χ1n) is 6.07. The molecule has 6 heteroatoms. The predicted molar refractivity (Wildman–Crippen MR) is 69.6 cm³/mol. The van der Waals surface area contributed by atoms with Crippen LogP contribution in [0.25, 0.3) is 0 Å². The van der Waals surface area contributed by atoms with Crippen LogP contribution in [0.3, 0.4) is 0 Å². The molecule has 0 spiro atoms. The highest BCUT2D eigenvalue weighted by atomic mass is 16.5. The topological polar surface area (TPSA) is 67.4 Å². The number of ether oxygens (including phenoxy) is 1. The molecule has 1 N–H and O–H groups in total. The van der Waals surface area contributed by atoms with Crippen LogP contribution in [0.15, 0.2) is 12.4 Å². The van der Waals surface area contributed by atoms with Gasteiger partial charge in [0.2, 0.25) is 0 Å². The minimum atomic E-state index is -0.120. The van der Waals surface area contributed by atoms with Crippen LogP contribution in [0.2, 0.25) is 0 Å². The number of aromatic nitrogens is 2. The zero-order valence-electron chi connectivity index (χ0n) is 11.1. The van der Waals surface area contributed by atoms with Gasteiger partial charge in [0.15, 0.2) is 0 Å². The maximum atomic E-state index is 12.1. The summed E-state index contributed by atoms with van der Waals surface area (Å²) in [5, 5.41) is 3.03. The van der Waals surface area contributed by atoms with Gasteiger partial charge in [-0.1, -0.05) is 0 Å². The van der Waals surface area contributed by atoms with Gasteiger partial charge in [0, 0.05) is 26.7 Å². The Bertz CT molecular complexity index is 367. The van der Waals surface area contributed by atoms with Crippen molar-refractivity contribution < 1.29 is 9.53 Å². The Balaban J connectivity index is 2.69. The summed E-state index contributed by atoms with van der Waals surface area (Å²) in [5.41, 5.74) is 0.356. The molecule has 0 aromatic carbocycles. The summed E-state index contributed by atoms with van der Waals surface area (Å²) in [6.45, 7) is 6.37. The Morgan fingerprint density at radius 3 is 2.67 bits per heavy atom. The van der Waals surface area contributed by atoms with Crippen molar-refractivity contribution in [1.82, 2.24) is 14.9 Å². The van der Waals surface area contributed by atoms with Crippen LogP contribution in [-0.4, -0.2) is 54.1 Å². The average molecular weight is 252 g/mol. The standard InChI is InChI=1S/C12H20N4O2/c1-4-13-11-9-14-10(8-15-11)12(17)16(5-2)6-7-18-3/h8-9H,4-7H2,1-3H3,(H,13,15). The number of carbonyl (C=O) groups is 1. The maximum Gasteiger partial charge on any atom is 0.274 e. The van der Waals surface area contributed by atoms with Gasteiger partial charge in [-0.3, -0.25) is 4.79 Å². The van der Waals surface area contributed by atoms with Crippen LogP contribution < -0.4 is 5.32 Å². The highest BCUT2D eigenvalue weighted by Gasteiger charge is 2.15. The first kappa shape index (κ1) is 14.4. The van der Waals surface area contributed by atoms with Gasteiger partial charge >= 0.3 is 0 Å². The monoisotopic (exact) mass is 252 g/mol. The molecular formula is C12H20N4O2. The molecule has 0 bridgehead atoms. The SMILES string of the molecule is CCNc1cnc(C(=O)N(CC)CCOC)cn1. The van der Waals surface area contributed by atoms with Crippen LogP contribution in [0.1, 0.15) is 24.3 Å². The van der Waals surface area contributed by atoms with Crippen molar-refractivity contribution in [3.63, 3.8) is 0 Å². The quantitative estimate of drug-likeness (QED) is 0.784. The van der Waals surface area contributed by atoms with E-state index in [1.54, 1.807) is 18.2 Å². The summed E-state index contributed by atoms with van der Waals surface area (Å²) in [7, 11) is 1.61. The molecule has 1 aromatic rings. The van der Waals surface area contributed by atoms with Crippen molar-refractivity contribution in [2.75, 3.05) is 38.7 Å². The summed E-state index contributed by atoms with van der Waals surface area (Å²) in [6, 6.07) is 0. The number of likely N-dealkylation sites (N-methyl/N-ethyl adjacent to an activating group) is 1. The molecule has 0 fully saturated rings. The largest absolute Gasteiger partial charge is 0.383 e. The fourth-order valence-electron chi connectivity index (χ4n) is 1.48. The third kappa shape index (κ3) is 3.96. The summed E-state index contributed by atoms with van der Waals surface area (Å²) in [5.74, 6) is 0.555. The molecule has 18 heavy (non-hydrogen) atoms. The molecule has 6 nitrogen and oxygen atoms in total. The van der Waals surface area contributed by atoms with E-state index in [-0.39, 0.29) is 5.91 Å². The van der Waals surface area contributed by atoms with Crippen molar-refractivity contribution in [2.45, 2.75) is 13.8 Å². The second-order valence-corrected chi connectivity index (χ2v) is 3.69. The van der Waals surface area contributed by atoms with Gasteiger partial charge in [-0.25, -0.2) is 9.97 Å². The Morgan fingerprint density at radius 2 is 2.17 bits per heavy atom. The molecule has 0 unspecified atom stereocenters. The number of methoxy groups -OCH3 is 1. The third-order valence-electron chi connectivity index (χ3n) is 2.46. The van der Waals surface area contributed by atoms with E-state index < -0.39 is 0 Å². The summed E-state index contributed by atoms with van der Waals surface area (Å²) >= 11 is 0. The second kappa shape index (κ2) is 7.60. The summed E-state index contributed by atoms with van der Waals surface area (Å²) in [6.07, 6.45) is 3.07. The molecule has 0 aliphatic carbocycles. The lowest BCUT2D eigenvalue weighted by Crippen LogP contribution is -2.34. The van der Waals surface area contributed by atoms with Crippen LogP contribution in [0.4, 0.5) is 5.82 Å². The van der Waals surface area contributed by atoms with Crippen molar-refractivity contribution in [3.05, 3.63) is 18.1 Å². The number of hydrogen-bond donors (Lipinski definition) is 1. The van der Waals surface area contributed by atoms with E-state index >= 15 is 0 Å². The van der Waals surface area contributed by atoms with E-state index in [1.165, 1.54) is 6.20 Å². The number of rotatable bonds is 7. The number of hydrogen-bond acceptors (Lipinski definition) is 5. The molecule has 0 atom stereocenters. The van der Waals surface area contributed by atoms with E-state index in [0.717, 1.165) is 6.54 Å². The van der Waals surface area contributed by atoms with Gasteiger partial charge in [0.05, 0.1) is 19.0 Å². The van der Waals surface area contributed by atoms with Gasteiger partial charge in [-0.2, -0.15) is 0 Å². The van der Waals surface area contributed by atoms with Crippen molar-refractivity contribution in [1.29, 1.82) is 0 Å². The highest BCUT2D eigenvalue weighted by molar-refractivity contribution is 5.92. The van der Waals surface area contributed by atoms with E-state index in [4.69, 9.17) is 4.74 Å². The van der Waals surface area contributed by atoms with Gasteiger partial charge in [-0.15, -0.1) is 0 Å². The van der Waals surface area contributed by atoms with Gasteiger partial charge in [0.25, 0.3) is 5.91 Å². The van der Waals surface area contributed by atoms with Crippen molar-refractivity contribution in [3.8, 4) is 0 Å². The average Bonchev–Trinajstić information content (AvgIpc) is 2.40. The van der Waals surface area contributed by atoms with E-state index in [1.807, 2.05) is 13.8 Å². The molecule has 1 amide bonds. The smallest absolute Gasteiger partial charge is 0.274 e. The number of nitrogens with zero attached hydrogens (tertiary/aromatic N) is 3. The fourth-order valence-corrected chi connectivity index (χ4v) is 1.48. The molecule has 0 saturated carbocycles. The van der Waals surface area contributed by atoms with Crippen LogP contribution in [-0.2, 0) is 4.74 Å². The maximum absolute atomic E-state index is 12.1. The first-order chi connectivity index (χ1) is 8.72. The zero-order valence-corrected chi connectivity index (χ0v) is 11.1. The number of anilines is 1. The molecule has 0 radical (unpaired) electrons. The van der Waals surface area contributed by atoms with Crippen LogP contribution in [0, 0.1) is 0 Å². The first-order valence-corrected chi connectivity index (χ1v) is 6.07. The molecule has 1 rings (SSSR count). The Kier molecular flexibility index (Phi) is 6.07. The lowest BCUT2D eigenvalue weighted by molar-refractivity contribution is 0.0700. The number of carbonyl (C=O) groups excluding carboxylic acids is 1. The van der Waals surface area contributed by atoms with Crippen LogP contribution >= 0.6 is 0 Å². The van der Waals surface area contributed by atoms with E-state index in [2.05, 4.69) is 15.3 Å². The Hall–Kier alpha value is -1.69.